The summed E-state index contributed by atoms with van der Waals surface area (Å²) in [7, 11) is 0. The van der Waals surface area contributed by atoms with E-state index in [0.717, 1.165) is 18.5 Å². The lowest BCUT2D eigenvalue weighted by molar-refractivity contribution is -0.0506. The summed E-state index contributed by atoms with van der Waals surface area (Å²) in [6, 6.07) is 6.97. The number of alkyl halides is 2. The van der Waals surface area contributed by atoms with E-state index in [0.29, 0.717) is 0 Å². The van der Waals surface area contributed by atoms with Gasteiger partial charge in [0.1, 0.15) is 5.75 Å². The molecule has 1 unspecified atom stereocenters. The number of hydrogen-bond donors (Lipinski definition) is 1. The molecule has 1 rings (SSSR count). The Morgan fingerprint density at radius 2 is 1.80 bits per heavy atom. The van der Waals surface area contributed by atoms with Crippen LogP contribution in [-0.2, 0) is 0 Å². The Bertz CT molecular complexity index is 371. The standard InChI is InChI=1S/C16H25F2NO/c1-3-4-5-6-9-12-19-13(2)14-10-7-8-11-15(14)20-16(17)18/h7-8,10-11,13,16,19H,3-6,9,12H2,1-2H3. The van der Waals surface area contributed by atoms with Gasteiger partial charge in [0.15, 0.2) is 0 Å². The third-order valence-electron chi connectivity index (χ3n) is 3.33. The molecule has 114 valence electrons. The Morgan fingerprint density at radius 3 is 2.50 bits per heavy atom. The zero-order valence-electron chi connectivity index (χ0n) is 12.4. The molecule has 0 aromatic heterocycles. The first kappa shape index (κ1) is 16.9. The summed E-state index contributed by atoms with van der Waals surface area (Å²) < 4.78 is 29.2. The number of nitrogens with one attached hydrogen (secondary N) is 1. The number of rotatable bonds is 10. The van der Waals surface area contributed by atoms with Crippen LogP contribution in [0.5, 0.6) is 5.75 Å². The van der Waals surface area contributed by atoms with E-state index in [4.69, 9.17) is 0 Å². The second-order valence-electron chi connectivity index (χ2n) is 5.01. The molecular formula is C16H25F2NO. The van der Waals surface area contributed by atoms with Gasteiger partial charge in [-0.25, -0.2) is 0 Å². The maximum Gasteiger partial charge on any atom is 0.387 e. The van der Waals surface area contributed by atoms with E-state index in [1.54, 1.807) is 12.1 Å². The van der Waals surface area contributed by atoms with Gasteiger partial charge in [0.05, 0.1) is 0 Å². The van der Waals surface area contributed by atoms with Crippen molar-refractivity contribution in [1.82, 2.24) is 5.32 Å². The van der Waals surface area contributed by atoms with Crippen molar-refractivity contribution in [3.8, 4) is 5.75 Å². The predicted octanol–water partition coefficient (Wildman–Crippen LogP) is 4.91. The monoisotopic (exact) mass is 285 g/mol. The molecule has 0 saturated carbocycles. The summed E-state index contributed by atoms with van der Waals surface area (Å²) in [6.07, 6.45) is 6.10. The maximum absolute atomic E-state index is 12.3. The number of para-hydroxylation sites is 1. The molecule has 4 heteroatoms. The van der Waals surface area contributed by atoms with Crippen LogP contribution in [0.25, 0.3) is 0 Å². The summed E-state index contributed by atoms with van der Waals surface area (Å²) in [5, 5.41) is 3.36. The fraction of sp³-hybridized carbons (Fsp3) is 0.625. The van der Waals surface area contributed by atoms with Gasteiger partial charge in [-0.1, -0.05) is 50.8 Å². The van der Waals surface area contributed by atoms with Crippen molar-refractivity contribution >= 4 is 0 Å². The van der Waals surface area contributed by atoms with Crippen molar-refractivity contribution in [2.24, 2.45) is 0 Å². The molecule has 1 aromatic rings. The Balaban J connectivity index is 2.40. The van der Waals surface area contributed by atoms with Crippen LogP contribution in [0.1, 0.15) is 57.6 Å². The van der Waals surface area contributed by atoms with E-state index in [2.05, 4.69) is 17.0 Å². The highest BCUT2D eigenvalue weighted by atomic mass is 19.3. The quantitative estimate of drug-likeness (QED) is 0.617. The molecule has 0 amide bonds. The lowest BCUT2D eigenvalue weighted by Crippen LogP contribution is -2.21. The number of benzene rings is 1. The summed E-state index contributed by atoms with van der Waals surface area (Å²) >= 11 is 0. The van der Waals surface area contributed by atoms with Crippen molar-refractivity contribution in [1.29, 1.82) is 0 Å². The zero-order chi connectivity index (χ0) is 14.8. The molecule has 0 spiro atoms. The maximum atomic E-state index is 12.3. The highest BCUT2D eigenvalue weighted by molar-refractivity contribution is 5.35. The van der Waals surface area contributed by atoms with Gasteiger partial charge in [0.25, 0.3) is 0 Å². The lowest BCUT2D eigenvalue weighted by atomic mass is 10.1. The first-order chi connectivity index (χ1) is 9.65. The number of unbranched alkanes of at least 4 members (excludes halogenated alkanes) is 4. The Hall–Kier alpha value is -1.16. The Labute approximate surface area is 120 Å². The average molecular weight is 285 g/mol. The van der Waals surface area contributed by atoms with Crippen LogP contribution in [-0.4, -0.2) is 13.2 Å². The molecule has 0 radical (unpaired) electrons. The van der Waals surface area contributed by atoms with Gasteiger partial charge < -0.3 is 10.1 Å². The summed E-state index contributed by atoms with van der Waals surface area (Å²) in [4.78, 5) is 0. The Kier molecular flexibility index (Phi) is 8.19. The minimum Gasteiger partial charge on any atom is -0.434 e. The van der Waals surface area contributed by atoms with Gasteiger partial charge >= 0.3 is 6.61 Å². The van der Waals surface area contributed by atoms with Crippen molar-refractivity contribution in [3.63, 3.8) is 0 Å². The fourth-order valence-corrected chi connectivity index (χ4v) is 2.20. The molecule has 20 heavy (non-hydrogen) atoms. The van der Waals surface area contributed by atoms with Crippen LogP contribution in [0, 0.1) is 0 Å². The minimum absolute atomic E-state index is 0.0103. The molecule has 1 N–H and O–H groups in total. The van der Waals surface area contributed by atoms with Crippen LogP contribution in [0.3, 0.4) is 0 Å². The van der Waals surface area contributed by atoms with Crippen LogP contribution >= 0.6 is 0 Å². The second-order valence-corrected chi connectivity index (χ2v) is 5.01. The SMILES string of the molecule is CCCCCCCNC(C)c1ccccc1OC(F)F. The molecule has 0 heterocycles. The van der Waals surface area contributed by atoms with Crippen molar-refractivity contribution < 1.29 is 13.5 Å². The van der Waals surface area contributed by atoms with Gasteiger partial charge in [0, 0.05) is 11.6 Å². The molecule has 0 aliphatic heterocycles. The van der Waals surface area contributed by atoms with E-state index < -0.39 is 6.61 Å². The summed E-state index contributed by atoms with van der Waals surface area (Å²) in [6.45, 7) is 2.28. The fourth-order valence-electron chi connectivity index (χ4n) is 2.20. The van der Waals surface area contributed by atoms with Gasteiger partial charge in [-0.3, -0.25) is 0 Å². The summed E-state index contributed by atoms with van der Waals surface area (Å²) in [5.41, 5.74) is 0.779. The van der Waals surface area contributed by atoms with Gasteiger partial charge in [-0.15, -0.1) is 0 Å². The van der Waals surface area contributed by atoms with Gasteiger partial charge in [0.2, 0.25) is 0 Å². The molecule has 0 saturated heterocycles. The number of ether oxygens (including phenoxy) is 1. The van der Waals surface area contributed by atoms with Crippen molar-refractivity contribution in [2.75, 3.05) is 6.54 Å². The van der Waals surface area contributed by atoms with Crippen LogP contribution in [0.15, 0.2) is 24.3 Å². The van der Waals surface area contributed by atoms with E-state index in [1.807, 2.05) is 19.1 Å². The first-order valence-electron chi connectivity index (χ1n) is 7.42. The van der Waals surface area contributed by atoms with Crippen LogP contribution in [0.4, 0.5) is 8.78 Å². The van der Waals surface area contributed by atoms with Gasteiger partial charge in [-0.05, 0) is 26.0 Å². The molecule has 0 aliphatic carbocycles. The second kappa shape index (κ2) is 9.70. The number of hydrogen-bond acceptors (Lipinski definition) is 2. The Morgan fingerprint density at radius 1 is 1.10 bits per heavy atom. The highest BCUT2D eigenvalue weighted by Gasteiger charge is 2.13. The topological polar surface area (TPSA) is 21.3 Å². The normalized spacial score (nSPS) is 12.7. The first-order valence-corrected chi connectivity index (χ1v) is 7.42. The molecule has 0 fully saturated rings. The van der Waals surface area contributed by atoms with E-state index in [9.17, 15) is 8.78 Å². The zero-order valence-corrected chi connectivity index (χ0v) is 12.4. The van der Waals surface area contributed by atoms with E-state index in [-0.39, 0.29) is 11.8 Å². The largest absolute Gasteiger partial charge is 0.434 e. The summed E-state index contributed by atoms with van der Waals surface area (Å²) in [5.74, 6) is 0.258. The van der Waals surface area contributed by atoms with E-state index >= 15 is 0 Å². The third kappa shape index (κ3) is 6.33. The van der Waals surface area contributed by atoms with Crippen molar-refractivity contribution in [3.05, 3.63) is 29.8 Å². The molecule has 2 nitrogen and oxygen atoms in total. The smallest absolute Gasteiger partial charge is 0.387 e. The molecule has 1 atom stereocenters. The van der Waals surface area contributed by atoms with Crippen molar-refractivity contribution in [2.45, 2.75) is 58.6 Å². The highest BCUT2D eigenvalue weighted by Crippen LogP contribution is 2.26. The predicted molar refractivity (Wildman–Crippen MR) is 78.3 cm³/mol. The van der Waals surface area contributed by atoms with E-state index in [1.165, 1.54) is 25.7 Å². The molecular weight excluding hydrogens is 260 g/mol. The molecule has 1 aromatic carbocycles. The number of halogens is 2. The molecule has 0 bridgehead atoms. The molecule has 0 aliphatic rings. The van der Waals surface area contributed by atoms with Crippen LogP contribution < -0.4 is 10.1 Å². The minimum atomic E-state index is -2.78. The lowest BCUT2D eigenvalue weighted by Gasteiger charge is -2.18. The average Bonchev–Trinajstić information content (AvgIpc) is 2.42. The van der Waals surface area contributed by atoms with Gasteiger partial charge in [-0.2, -0.15) is 8.78 Å². The van der Waals surface area contributed by atoms with Crippen LogP contribution in [0.2, 0.25) is 0 Å². The third-order valence-corrected chi connectivity index (χ3v) is 3.33.